The molecule has 4 nitrogen and oxygen atoms in total. The molecule has 22 heavy (non-hydrogen) atoms. The van der Waals surface area contributed by atoms with Crippen LogP contribution in [0, 0.1) is 11.8 Å². The molecule has 0 aromatic carbocycles. The number of rotatable bonds is 12. The fourth-order valence-corrected chi connectivity index (χ4v) is 2.21. The van der Waals surface area contributed by atoms with Crippen LogP contribution in [0.4, 0.5) is 0 Å². The second-order valence-electron chi connectivity index (χ2n) is 6.38. The molecule has 2 unspecified atom stereocenters. The van der Waals surface area contributed by atoms with E-state index in [2.05, 4.69) is 20.8 Å². The summed E-state index contributed by atoms with van der Waals surface area (Å²) in [6, 6.07) is 0. The second kappa shape index (κ2) is 16.3. The van der Waals surface area contributed by atoms with Crippen LogP contribution >= 0.6 is 0 Å². The van der Waals surface area contributed by atoms with E-state index in [1.54, 1.807) is 0 Å². The maximum Gasteiger partial charge on any atom is 0.303 e. The van der Waals surface area contributed by atoms with Crippen molar-refractivity contribution >= 4 is 11.9 Å². The normalized spacial score (nSPS) is 12.9. The lowest BCUT2D eigenvalue weighted by Gasteiger charge is -2.07. The molecule has 2 N–H and O–H groups in total. The average Bonchev–Trinajstić information content (AvgIpc) is 2.43. The summed E-state index contributed by atoms with van der Waals surface area (Å²) in [7, 11) is 0. The van der Waals surface area contributed by atoms with Crippen molar-refractivity contribution < 1.29 is 19.8 Å². The fourth-order valence-electron chi connectivity index (χ4n) is 2.21. The van der Waals surface area contributed by atoms with Crippen molar-refractivity contribution in [2.75, 3.05) is 0 Å². The number of hydrogen-bond acceptors (Lipinski definition) is 2. The van der Waals surface area contributed by atoms with Gasteiger partial charge in [0.05, 0.1) is 0 Å². The summed E-state index contributed by atoms with van der Waals surface area (Å²) in [5.41, 5.74) is 0. The molecule has 0 bridgehead atoms. The number of carboxylic acid groups (broad SMARTS) is 2. The lowest BCUT2D eigenvalue weighted by molar-refractivity contribution is -0.138. The van der Waals surface area contributed by atoms with Gasteiger partial charge in [-0.3, -0.25) is 9.59 Å². The predicted molar refractivity (Wildman–Crippen MR) is 91.1 cm³/mol. The smallest absolute Gasteiger partial charge is 0.303 e. The standard InChI is InChI=1S/2C9H18O2/c1-3-4-5-8(2)6-7-9(10)11;1-3-4-5-6-8(2)7-9(10)11/h2*8H,3-7H2,1-2H3,(H,10,11). The van der Waals surface area contributed by atoms with Crippen molar-refractivity contribution in [1.82, 2.24) is 0 Å². The molecule has 0 aromatic rings. The molecule has 0 aromatic heterocycles. The first-order chi connectivity index (χ1) is 10.3. The number of hydrogen-bond donors (Lipinski definition) is 2. The van der Waals surface area contributed by atoms with E-state index in [1.807, 2.05) is 6.92 Å². The van der Waals surface area contributed by atoms with Crippen molar-refractivity contribution in [3.63, 3.8) is 0 Å². The summed E-state index contributed by atoms with van der Waals surface area (Å²) in [4.78, 5) is 20.4. The van der Waals surface area contributed by atoms with Crippen LogP contribution in [0.3, 0.4) is 0 Å². The second-order valence-corrected chi connectivity index (χ2v) is 6.38. The van der Waals surface area contributed by atoms with Crippen molar-refractivity contribution in [3.05, 3.63) is 0 Å². The molecule has 0 rings (SSSR count). The van der Waals surface area contributed by atoms with E-state index in [0.29, 0.717) is 24.7 Å². The number of aliphatic carboxylic acids is 2. The van der Waals surface area contributed by atoms with Gasteiger partial charge in [0.1, 0.15) is 0 Å². The van der Waals surface area contributed by atoms with Crippen LogP contribution in [0.2, 0.25) is 0 Å². The highest BCUT2D eigenvalue weighted by atomic mass is 16.4. The van der Waals surface area contributed by atoms with Gasteiger partial charge >= 0.3 is 11.9 Å². The Kier molecular flexibility index (Phi) is 17.2. The van der Waals surface area contributed by atoms with Crippen molar-refractivity contribution in [1.29, 1.82) is 0 Å². The van der Waals surface area contributed by atoms with Crippen LogP contribution in [0.25, 0.3) is 0 Å². The molecule has 0 radical (unpaired) electrons. The van der Waals surface area contributed by atoms with Crippen LogP contribution in [0.1, 0.15) is 91.9 Å². The molecule has 0 spiro atoms. The van der Waals surface area contributed by atoms with Crippen LogP contribution in [0.5, 0.6) is 0 Å². The minimum Gasteiger partial charge on any atom is -0.481 e. The van der Waals surface area contributed by atoms with E-state index < -0.39 is 11.9 Å². The minimum atomic E-state index is -0.673. The number of unbranched alkanes of at least 4 members (excludes halogenated alkanes) is 3. The van der Waals surface area contributed by atoms with Gasteiger partial charge in [0.25, 0.3) is 0 Å². The van der Waals surface area contributed by atoms with E-state index >= 15 is 0 Å². The van der Waals surface area contributed by atoms with Crippen molar-refractivity contribution in [2.45, 2.75) is 91.9 Å². The minimum absolute atomic E-state index is 0.323. The SMILES string of the molecule is CCCCC(C)CCC(=O)O.CCCCCC(C)CC(=O)O. The van der Waals surface area contributed by atoms with Crippen LogP contribution in [0.15, 0.2) is 0 Å². The molecule has 0 fully saturated rings. The van der Waals surface area contributed by atoms with E-state index in [-0.39, 0.29) is 0 Å². The Balaban J connectivity index is 0. The molecule has 4 heteroatoms. The third-order valence-electron chi connectivity index (χ3n) is 3.73. The molecule has 0 amide bonds. The van der Waals surface area contributed by atoms with Gasteiger partial charge in [-0.05, 0) is 18.3 Å². The first-order valence-electron chi connectivity index (χ1n) is 8.76. The molecule has 132 valence electrons. The van der Waals surface area contributed by atoms with Gasteiger partial charge in [-0.2, -0.15) is 0 Å². The number of carbonyl (C=O) groups is 2. The molecule has 0 heterocycles. The van der Waals surface area contributed by atoms with E-state index in [9.17, 15) is 9.59 Å². The van der Waals surface area contributed by atoms with Gasteiger partial charge in [-0.15, -0.1) is 0 Å². The largest absolute Gasteiger partial charge is 0.481 e. The molecule has 2 atom stereocenters. The molecule has 0 aliphatic heterocycles. The lowest BCUT2D eigenvalue weighted by atomic mass is 9.99. The van der Waals surface area contributed by atoms with Crippen molar-refractivity contribution in [3.8, 4) is 0 Å². The Morgan fingerprint density at radius 1 is 0.773 bits per heavy atom. The number of carboxylic acids is 2. The zero-order valence-corrected chi connectivity index (χ0v) is 14.9. The van der Waals surface area contributed by atoms with Gasteiger partial charge in [0.15, 0.2) is 0 Å². The van der Waals surface area contributed by atoms with Gasteiger partial charge in [-0.25, -0.2) is 0 Å². The monoisotopic (exact) mass is 316 g/mol. The van der Waals surface area contributed by atoms with E-state index in [0.717, 1.165) is 12.8 Å². The highest BCUT2D eigenvalue weighted by molar-refractivity contribution is 5.67. The zero-order valence-electron chi connectivity index (χ0n) is 14.9. The quantitative estimate of drug-likeness (QED) is 0.476. The average molecular weight is 316 g/mol. The fraction of sp³-hybridized carbons (Fsp3) is 0.889. The summed E-state index contributed by atoms with van der Waals surface area (Å²) in [5, 5.41) is 16.8. The Labute approximate surface area is 136 Å². The van der Waals surface area contributed by atoms with Crippen LogP contribution in [-0.4, -0.2) is 22.2 Å². The van der Waals surface area contributed by atoms with Crippen LogP contribution in [-0.2, 0) is 9.59 Å². The molecular weight excluding hydrogens is 280 g/mol. The highest BCUT2D eigenvalue weighted by Gasteiger charge is 2.06. The summed E-state index contributed by atoms with van der Waals surface area (Å²) in [6.45, 7) is 8.44. The highest BCUT2D eigenvalue weighted by Crippen LogP contribution is 2.13. The molecule has 0 saturated heterocycles. The topological polar surface area (TPSA) is 74.6 Å². The van der Waals surface area contributed by atoms with E-state index in [1.165, 1.54) is 38.5 Å². The van der Waals surface area contributed by atoms with Gasteiger partial charge in [-0.1, -0.05) is 72.6 Å². The van der Waals surface area contributed by atoms with E-state index in [4.69, 9.17) is 10.2 Å². The third-order valence-corrected chi connectivity index (χ3v) is 3.73. The molecule has 0 aliphatic rings. The van der Waals surface area contributed by atoms with Crippen LogP contribution < -0.4 is 0 Å². The maximum atomic E-state index is 10.2. The maximum absolute atomic E-state index is 10.2. The Morgan fingerprint density at radius 2 is 1.32 bits per heavy atom. The first-order valence-corrected chi connectivity index (χ1v) is 8.76. The van der Waals surface area contributed by atoms with Gasteiger partial charge in [0.2, 0.25) is 0 Å². The summed E-state index contributed by atoms with van der Waals surface area (Å²) < 4.78 is 0. The zero-order chi connectivity index (χ0) is 17.4. The van der Waals surface area contributed by atoms with Gasteiger partial charge in [0, 0.05) is 12.8 Å². The third kappa shape index (κ3) is 21.2. The lowest BCUT2D eigenvalue weighted by Crippen LogP contribution is -2.03. The first kappa shape index (κ1) is 23.2. The molecular formula is C18H36O4. The molecule has 0 aliphatic carbocycles. The summed E-state index contributed by atoms with van der Waals surface area (Å²) >= 11 is 0. The predicted octanol–water partition coefficient (Wildman–Crippen LogP) is 5.36. The summed E-state index contributed by atoms with van der Waals surface area (Å²) in [6.07, 6.45) is 9.74. The Bertz CT molecular complexity index is 276. The molecule has 0 saturated carbocycles. The summed E-state index contributed by atoms with van der Waals surface area (Å²) in [5.74, 6) is -0.424. The Morgan fingerprint density at radius 3 is 1.77 bits per heavy atom. The van der Waals surface area contributed by atoms with Gasteiger partial charge < -0.3 is 10.2 Å². The van der Waals surface area contributed by atoms with Crippen molar-refractivity contribution in [2.24, 2.45) is 11.8 Å². The Hall–Kier alpha value is -1.06.